The van der Waals surface area contributed by atoms with Crippen molar-refractivity contribution in [3.05, 3.63) is 42.1 Å². The average Bonchev–Trinajstić information content (AvgIpc) is 2.82. The van der Waals surface area contributed by atoms with Gasteiger partial charge in [-0.1, -0.05) is 12.1 Å². The van der Waals surface area contributed by atoms with Crippen molar-refractivity contribution in [3.8, 4) is 5.88 Å². The van der Waals surface area contributed by atoms with Crippen LogP contribution in [0.25, 0.3) is 0 Å². The summed E-state index contributed by atoms with van der Waals surface area (Å²) in [5.74, 6) is 0.305. The number of ether oxygens (including phenoxy) is 1. The number of urea groups is 1. The summed E-state index contributed by atoms with van der Waals surface area (Å²) in [5, 5.41) is 5.59. The summed E-state index contributed by atoms with van der Waals surface area (Å²) in [5.41, 5.74) is 1.96. The van der Waals surface area contributed by atoms with Crippen LogP contribution in [0.5, 0.6) is 5.88 Å². The van der Waals surface area contributed by atoms with Crippen LogP contribution in [0, 0.1) is 6.92 Å². The Morgan fingerprint density at radius 1 is 1.11 bits per heavy atom. The first-order valence-corrected chi connectivity index (χ1v) is 9.15. The van der Waals surface area contributed by atoms with Gasteiger partial charge in [0.05, 0.1) is 18.3 Å². The Kier molecular flexibility index (Phi) is 5.36. The number of pyridine rings is 1. The van der Waals surface area contributed by atoms with Gasteiger partial charge < -0.3 is 24.7 Å². The lowest BCUT2D eigenvalue weighted by atomic mass is 9.80. The Balaban J connectivity index is 1.79. The summed E-state index contributed by atoms with van der Waals surface area (Å²) in [6.07, 6.45) is 1.63. The number of rotatable bonds is 4. The smallest absolute Gasteiger partial charge is 0.480 e. The predicted molar refractivity (Wildman–Crippen MR) is 110 cm³/mol. The Labute approximate surface area is 165 Å². The van der Waals surface area contributed by atoms with Crippen LogP contribution in [0.1, 0.15) is 33.3 Å². The molecule has 2 amide bonds. The molecule has 1 saturated heterocycles. The van der Waals surface area contributed by atoms with Crippen molar-refractivity contribution in [3.63, 3.8) is 0 Å². The Hall–Kier alpha value is -2.58. The summed E-state index contributed by atoms with van der Waals surface area (Å²) in [6.45, 7) is 9.90. The molecule has 0 bridgehead atoms. The quantitative estimate of drug-likeness (QED) is 0.792. The lowest BCUT2D eigenvalue weighted by molar-refractivity contribution is 0.00578. The zero-order chi connectivity index (χ0) is 20.5. The van der Waals surface area contributed by atoms with Gasteiger partial charge in [-0.25, -0.2) is 9.78 Å². The summed E-state index contributed by atoms with van der Waals surface area (Å²) in [6, 6.07) is 8.91. The SMILES string of the molecule is COc1ncc(B2OC(C)(C)C(C)(C)O2)cc1NC(=O)Nc1cccc(C)c1. The van der Waals surface area contributed by atoms with Crippen LogP contribution in [0.15, 0.2) is 36.5 Å². The second kappa shape index (κ2) is 7.45. The van der Waals surface area contributed by atoms with E-state index in [9.17, 15) is 4.79 Å². The first-order chi connectivity index (χ1) is 13.1. The zero-order valence-corrected chi connectivity index (χ0v) is 17.1. The molecule has 3 rings (SSSR count). The van der Waals surface area contributed by atoms with Gasteiger partial charge in [-0.15, -0.1) is 0 Å². The molecule has 7 nitrogen and oxygen atoms in total. The third-order valence-electron chi connectivity index (χ3n) is 5.12. The summed E-state index contributed by atoms with van der Waals surface area (Å²) in [4.78, 5) is 16.7. The van der Waals surface area contributed by atoms with E-state index < -0.39 is 24.4 Å². The Morgan fingerprint density at radius 2 is 1.79 bits per heavy atom. The number of hydrogen-bond acceptors (Lipinski definition) is 5. The molecule has 0 atom stereocenters. The van der Waals surface area contributed by atoms with Crippen molar-refractivity contribution in [2.45, 2.75) is 45.8 Å². The monoisotopic (exact) mass is 383 g/mol. The van der Waals surface area contributed by atoms with E-state index in [0.29, 0.717) is 22.7 Å². The fourth-order valence-corrected chi connectivity index (χ4v) is 2.84. The van der Waals surface area contributed by atoms with Crippen molar-refractivity contribution in [1.29, 1.82) is 0 Å². The number of nitrogens with zero attached hydrogens (tertiary/aromatic N) is 1. The summed E-state index contributed by atoms with van der Waals surface area (Å²) >= 11 is 0. The van der Waals surface area contributed by atoms with Crippen LogP contribution < -0.4 is 20.8 Å². The minimum absolute atomic E-state index is 0.305. The maximum absolute atomic E-state index is 12.4. The molecule has 1 fully saturated rings. The van der Waals surface area contributed by atoms with Gasteiger partial charge in [0.25, 0.3) is 0 Å². The maximum atomic E-state index is 12.4. The molecule has 0 unspecified atom stereocenters. The van der Waals surface area contributed by atoms with Gasteiger partial charge in [0.15, 0.2) is 0 Å². The highest BCUT2D eigenvalue weighted by Gasteiger charge is 2.52. The standard InChI is InChI=1S/C20H26BN3O4/c1-13-8-7-9-15(10-13)23-18(25)24-16-11-14(12-22-17(16)26-6)21-27-19(2,3)20(4,5)28-21/h7-12H,1-6H3,(H2,23,24,25). The second-order valence-electron chi connectivity index (χ2n) is 7.86. The van der Waals surface area contributed by atoms with E-state index in [1.54, 1.807) is 12.3 Å². The first kappa shape index (κ1) is 20.2. The number of hydrogen-bond donors (Lipinski definition) is 2. The minimum atomic E-state index is -0.580. The Morgan fingerprint density at radius 3 is 2.39 bits per heavy atom. The molecule has 2 aromatic rings. The fourth-order valence-electron chi connectivity index (χ4n) is 2.84. The number of aryl methyl sites for hydroxylation is 1. The lowest BCUT2D eigenvalue weighted by Crippen LogP contribution is -2.41. The molecule has 1 aliphatic rings. The largest absolute Gasteiger partial charge is 0.496 e. The number of anilines is 2. The summed E-state index contributed by atoms with van der Waals surface area (Å²) in [7, 11) is 0.921. The molecule has 0 aliphatic carbocycles. The van der Waals surface area contributed by atoms with Gasteiger partial charge in [0.1, 0.15) is 5.69 Å². The number of methoxy groups -OCH3 is 1. The van der Waals surface area contributed by atoms with E-state index in [4.69, 9.17) is 14.0 Å². The Bertz CT molecular complexity index is 870. The third kappa shape index (κ3) is 4.13. The van der Waals surface area contributed by atoms with E-state index in [1.807, 2.05) is 58.9 Å². The number of carbonyl (C=O) groups is 1. The normalized spacial score (nSPS) is 17.3. The molecule has 1 aromatic carbocycles. The molecule has 1 aromatic heterocycles. The number of carbonyl (C=O) groups excluding carboxylic acids is 1. The molecule has 2 heterocycles. The summed E-state index contributed by atoms with van der Waals surface area (Å²) < 4.78 is 17.4. The highest BCUT2D eigenvalue weighted by Crippen LogP contribution is 2.36. The fraction of sp³-hybridized carbons (Fsp3) is 0.400. The van der Waals surface area contributed by atoms with Crippen LogP contribution in [0.3, 0.4) is 0 Å². The van der Waals surface area contributed by atoms with Crippen molar-refractivity contribution >= 4 is 30.0 Å². The second-order valence-corrected chi connectivity index (χ2v) is 7.86. The topological polar surface area (TPSA) is 81.7 Å². The highest BCUT2D eigenvalue weighted by atomic mass is 16.7. The van der Waals surface area contributed by atoms with Gasteiger partial charge in [-0.3, -0.25) is 0 Å². The van der Waals surface area contributed by atoms with Gasteiger partial charge in [-0.2, -0.15) is 0 Å². The van der Waals surface area contributed by atoms with E-state index in [-0.39, 0.29) is 0 Å². The van der Waals surface area contributed by atoms with Crippen LogP contribution in [0.2, 0.25) is 0 Å². The molecular weight excluding hydrogens is 357 g/mol. The van der Waals surface area contributed by atoms with Gasteiger partial charge >= 0.3 is 13.1 Å². The molecular formula is C20H26BN3O4. The molecule has 148 valence electrons. The zero-order valence-electron chi connectivity index (χ0n) is 17.1. The van der Waals surface area contributed by atoms with Crippen molar-refractivity contribution in [1.82, 2.24) is 4.98 Å². The molecule has 28 heavy (non-hydrogen) atoms. The van der Waals surface area contributed by atoms with E-state index in [2.05, 4.69) is 15.6 Å². The molecule has 1 aliphatic heterocycles. The number of benzene rings is 1. The number of nitrogens with one attached hydrogen (secondary N) is 2. The van der Waals surface area contributed by atoms with Gasteiger partial charge in [0, 0.05) is 17.3 Å². The van der Waals surface area contributed by atoms with Crippen LogP contribution in [0.4, 0.5) is 16.2 Å². The van der Waals surface area contributed by atoms with Crippen LogP contribution in [-0.4, -0.2) is 36.4 Å². The van der Waals surface area contributed by atoms with E-state index >= 15 is 0 Å². The maximum Gasteiger partial charge on any atom is 0.496 e. The molecule has 0 radical (unpaired) electrons. The number of amides is 2. The third-order valence-corrected chi connectivity index (χ3v) is 5.12. The molecule has 0 saturated carbocycles. The molecule has 0 spiro atoms. The van der Waals surface area contributed by atoms with E-state index in [1.165, 1.54) is 7.11 Å². The lowest BCUT2D eigenvalue weighted by Gasteiger charge is -2.32. The molecule has 8 heteroatoms. The van der Waals surface area contributed by atoms with Gasteiger partial charge in [-0.05, 0) is 58.4 Å². The van der Waals surface area contributed by atoms with Crippen LogP contribution >= 0.6 is 0 Å². The highest BCUT2D eigenvalue weighted by molar-refractivity contribution is 6.62. The predicted octanol–water partition coefficient (Wildman–Crippen LogP) is 3.34. The van der Waals surface area contributed by atoms with E-state index in [0.717, 1.165) is 5.56 Å². The molecule has 2 N–H and O–H groups in total. The van der Waals surface area contributed by atoms with Crippen LogP contribution in [-0.2, 0) is 9.31 Å². The van der Waals surface area contributed by atoms with Gasteiger partial charge in [0.2, 0.25) is 5.88 Å². The van der Waals surface area contributed by atoms with Crippen molar-refractivity contribution < 1.29 is 18.8 Å². The van der Waals surface area contributed by atoms with Crippen molar-refractivity contribution in [2.24, 2.45) is 0 Å². The first-order valence-electron chi connectivity index (χ1n) is 9.15. The average molecular weight is 383 g/mol. The minimum Gasteiger partial charge on any atom is -0.480 e. The number of aromatic nitrogens is 1. The van der Waals surface area contributed by atoms with Crippen molar-refractivity contribution in [2.75, 3.05) is 17.7 Å².